The standard InChI is InChI=1S/C12H10FNO/c1-8-6-11(15)7-14-12(8)9-2-4-10(13)5-3-9/h2-7,15H,1H3. The van der Waals surface area contributed by atoms with Gasteiger partial charge in [-0.1, -0.05) is 0 Å². The molecule has 0 radical (unpaired) electrons. The Kier molecular flexibility index (Phi) is 2.37. The van der Waals surface area contributed by atoms with Gasteiger partial charge in [0.2, 0.25) is 0 Å². The number of aromatic nitrogens is 1. The molecule has 0 aliphatic carbocycles. The van der Waals surface area contributed by atoms with Crippen molar-refractivity contribution in [1.82, 2.24) is 4.98 Å². The van der Waals surface area contributed by atoms with Crippen LogP contribution >= 0.6 is 0 Å². The van der Waals surface area contributed by atoms with Gasteiger partial charge in [0.15, 0.2) is 0 Å². The highest BCUT2D eigenvalue weighted by Crippen LogP contribution is 2.23. The van der Waals surface area contributed by atoms with Crippen LogP contribution in [0, 0.1) is 12.7 Å². The Labute approximate surface area is 87.0 Å². The van der Waals surface area contributed by atoms with E-state index in [-0.39, 0.29) is 11.6 Å². The van der Waals surface area contributed by atoms with Crippen LogP contribution in [0.1, 0.15) is 5.56 Å². The third-order valence-corrected chi connectivity index (χ3v) is 2.18. The van der Waals surface area contributed by atoms with Gasteiger partial charge in [0.05, 0.1) is 11.9 Å². The molecule has 0 atom stereocenters. The largest absolute Gasteiger partial charge is 0.506 e. The fourth-order valence-electron chi connectivity index (χ4n) is 1.47. The third kappa shape index (κ3) is 1.96. The van der Waals surface area contributed by atoms with Crippen LogP contribution in [-0.4, -0.2) is 10.1 Å². The molecular weight excluding hydrogens is 193 g/mol. The molecule has 3 heteroatoms. The van der Waals surface area contributed by atoms with Crippen LogP contribution in [0.15, 0.2) is 36.5 Å². The molecule has 2 aromatic rings. The highest BCUT2D eigenvalue weighted by molar-refractivity contribution is 5.63. The Morgan fingerprint density at radius 1 is 1.20 bits per heavy atom. The van der Waals surface area contributed by atoms with Crippen molar-refractivity contribution in [3.8, 4) is 17.0 Å². The molecule has 15 heavy (non-hydrogen) atoms. The van der Waals surface area contributed by atoms with Crippen LogP contribution < -0.4 is 0 Å². The van der Waals surface area contributed by atoms with E-state index in [9.17, 15) is 9.50 Å². The first-order chi connectivity index (χ1) is 7.16. The maximum Gasteiger partial charge on any atom is 0.134 e. The highest BCUT2D eigenvalue weighted by atomic mass is 19.1. The number of hydrogen-bond acceptors (Lipinski definition) is 2. The number of nitrogens with zero attached hydrogens (tertiary/aromatic N) is 1. The Hall–Kier alpha value is -1.90. The maximum atomic E-state index is 12.7. The second-order valence-electron chi connectivity index (χ2n) is 3.37. The van der Waals surface area contributed by atoms with E-state index < -0.39 is 0 Å². The van der Waals surface area contributed by atoms with Gasteiger partial charge >= 0.3 is 0 Å². The number of aryl methyl sites for hydroxylation is 1. The Morgan fingerprint density at radius 2 is 1.87 bits per heavy atom. The van der Waals surface area contributed by atoms with E-state index in [1.54, 1.807) is 18.2 Å². The molecule has 0 bridgehead atoms. The Balaban J connectivity index is 2.49. The zero-order valence-corrected chi connectivity index (χ0v) is 8.24. The molecule has 0 aliphatic heterocycles. The van der Waals surface area contributed by atoms with Crippen molar-refractivity contribution in [2.75, 3.05) is 0 Å². The highest BCUT2D eigenvalue weighted by Gasteiger charge is 2.04. The molecule has 2 rings (SSSR count). The number of pyridine rings is 1. The normalized spacial score (nSPS) is 10.3. The molecule has 76 valence electrons. The molecule has 0 saturated carbocycles. The fraction of sp³-hybridized carbons (Fsp3) is 0.0833. The average Bonchev–Trinajstić information content (AvgIpc) is 2.20. The van der Waals surface area contributed by atoms with Gasteiger partial charge in [-0.15, -0.1) is 0 Å². The van der Waals surface area contributed by atoms with E-state index in [4.69, 9.17) is 0 Å². The first-order valence-electron chi connectivity index (χ1n) is 4.58. The summed E-state index contributed by atoms with van der Waals surface area (Å²) in [5.74, 6) is -0.131. The van der Waals surface area contributed by atoms with E-state index in [0.29, 0.717) is 0 Å². The zero-order chi connectivity index (χ0) is 10.8. The van der Waals surface area contributed by atoms with Gasteiger partial charge in [-0.2, -0.15) is 0 Å². The van der Waals surface area contributed by atoms with E-state index >= 15 is 0 Å². The molecule has 0 aliphatic rings. The second-order valence-corrected chi connectivity index (χ2v) is 3.37. The fourth-order valence-corrected chi connectivity index (χ4v) is 1.47. The van der Waals surface area contributed by atoms with Gasteiger partial charge in [0.1, 0.15) is 11.6 Å². The molecular formula is C12H10FNO. The van der Waals surface area contributed by atoms with Crippen molar-refractivity contribution >= 4 is 0 Å². The van der Waals surface area contributed by atoms with Crippen LogP contribution in [-0.2, 0) is 0 Å². The van der Waals surface area contributed by atoms with Gasteiger partial charge in [-0.3, -0.25) is 4.98 Å². The zero-order valence-electron chi connectivity index (χ0n) is 8.24. The van der Waals surface area contributed by atoms with Crippen LogP contribution in [0.3, 0.4) is 0 Å². The predicted molar refractivity (Wildman–Crippen MR) is 56.0 cm³/mol. The van der Waals surface area contributed by atoms with Crippen molar-refractivity contribution in [2.45, 2.75) is 6.92 Å². The van der Waals surface area contributed by atoms with Crippen LogP contribution in [0.2, 0.25) is 0 Å². The summed E-state index contributed by atoms with van der Waals surface area (Å²) in [6.07, 6.45) is 1.38. The van der Waals surface area contributed by atoms with E-state index in [0.717, 1.165) is 16.8 Å². The van der Waals surface area contributed by atoms with Gasteiger partial charge in [-0.05, 0) is 42.8 Å². The predicted octanol–water partition coefficient (Wildman–Crippen LogP) is 2.90. The summed E-state index contributed by atoms with van der Waals surface area (Å²) in [6.45, 7) is 1.85. The van der Waals surface area contributed by atoms with Crippen molar-refractivity contribution in [3.63, 3.8) is 0 Å². The van der Waals surface area contributed by atoms with Crippen molar-refractivity contribution in [1.29, 1.82) is 0 Å². The number of hydrogen-bond donors (Lipinski definition) is 1. The first-order valence-corrected chi connectivity index (χ1v) is 4.58. The lowest BCUT2D eigenvalue weighted by Gasteiger charge is -2.04. The van der Waals surface area contributed by atoms with Gasteiger partial charge in [-0.25, -0.2) is 4.39 Å². The van der Waals surface area contributed by atoms with E-state index in [1.165, 1.54) is 18.3 Å². The maximum absolute atomic E-state index is 12.7. The van der Waals surface area contributed by atoms with Crippen molar-refractivity contribution in [2.24, 2.45) is 0 Å². The Bertz CT molecular complexity index is 479. The third-order valence-electron chi connectivity index (χ3n) is 2.18. The molecule has 2 nitrogen and oxygen atoms in total. The summed E-state index contributed by atoms with van der Waals surface area (Å²) in [5.41, 5.74) is 2.46. The molecule has 0 saturated heterocycles. The smallest absolute Gasteiger partial charge is 0.134 e. The van der Waals surface area contributed by atoms with Gasteiger partial charge < -0.3 is 5.11 Å². The quantitative estimate of drug-likeness (QED) is 0.773. The molecule has 1 heterocycles. The summed E-state index contributed by atoms with van der Waals surface area (Å²) in [7, 11) is 0. The molecule has 1 N–H and O–H groups in total. The lowest BCUT2D eigenvalue weighted by Crippen LogP contribution is -1.87. The minimum Gasteiger partial charge on any atom is -0.506 e. The summed E-state index contributed by atoms with van der Waals surface area (Å²) < 4.78 is 12.7. The van der Waals surface area contributed by atoms with Crippen LogP contribution in [0.4, 0.5) is 4.39 Å². The van der Waals surface area contributed by atoms with Gasteiger partial charge in [0.25, 0.3) is 0 Å². The first kappa shape index (κ1) is 9.65. The van der Waals surface area contributed by atoms with E-state index in [2.05, 4.69) is 4.98 Å². The van der Waals surface area contributed by atoms with E-state index in [1.807, 2.05) is 6.92 Å². The topological polar surface area (TPSA) is 33.1 Å². The van der Waals surface area contributed by atoms with Crippen LogP contribution in [0.5, 0.6) is 5.75 Å². The second kappa shape index (κ2) is 3.69. The van der Waals surface area contributed by atoms with Crippen molar-refractivity contribution in [3.05, 3.63) is 47.9 Å². The summed E-state index contributed by atoms with van der Waals surface area (Å²) in [4.78, 5) is 4.11. The summed E-state index contributed by atoms with van der Waals surface area (Å²) in [6, 6.07) is 7.75. The van der Waals surface area contributed by atoms with Crippen molar-refractivity contribution < 1.29 is 9.50 Å². The average molecular weight is 203 g/mol. The lowest BCUT2D eigenvalue weighted by atomic mass is 10.1. The summed E-state index contributed by atoms with van der Waals surface area (Å²) >= 11 is 0. The number of halogens is 1. The molecule has 0 fully saturated rings. The number of benzene rings is 1. The Morgan fingerprint density at radius 3 is 2.47 bits per heavy atom. The molecule has 1 aromatic carbocycles. The molecule has 0 unspecified atom stereocenters. The molecule has 0 spiro atoms. The minimum absolute atomic E-state index is 0.137. The number of rotatable bonds is 1. The van der Waals surface area contributed by atoms with Crippen LogP contribution in [0.25, 0.3) is 11.3 Å². The SMILES string of the molecule is Cc1cc(O)cnc1-c1ccc(F)cc1. The number of aromatic hydroxyl groups is 1. The monoisotopic (exact) mass is 203 g/mol. The molecule has 1 aromatic heterocycles. The lowest BCUT2D eigenvalue weighted by molar-refractivity contribution is 0.472. The molecule has 0 amide bonds. The summed E-state index contributed by atoms with van der Waals surface area (Å²) in [5, 5.41) is 9.21. The van der Waals surface area contributed by atoms with Gasteiger partial charge in [0, 0.05) is 5.56 Å². The minimum atomic E-state index is -0.268.